The van der Waals surface area contributed by atoms with E-state index in [1.165, 1.54) is 12.3 Å². The first-order valence-corrected chi connectivity index (χ1v) is 11.9. The van der Waals surface area contributed by atoms with Crippen molar-refractivity contribution < 1.29 is 18.0 Å². The summed E-state index contributed by atoms with van der Waals surface area (Å²) >= 11 is 0. The molecule has 1 unspecified atom stereocenters. The number of anilines is 2. The Labute approximate surface area is 207 Å². The smallest absolute Gasteiger partial charge is 0.373 e. The van der Waals surface area contributed by atoms with Crippen molar-refractivity contribution in [3.63, 3.8) is 0 Å². The highest BCUT2D eigenvalue weighted by Crippen LogP contribution is 2.40. The van der Waals surface area contributed by atoms with Crippen molar-refractivity contribution in [3.05, 3.63) is 60.1 Å². The summed E-state index contributed by atoms with van der Waals surface area (Å²) in [6.45, 7) is 9.57. The molecule has 1 fully saturated rings. The maximum Gasteiger partial charge on any atom is 0.433 e. The van der Waals surface area contributed by atoms with Gasteiger partial charge in [-0.25, -0.2) is 0 Å². The van der Waals surface area contributed by atoms with E-state index in [9.17, 15) is 18.0 Å². The Morgan fingerprint density at radius 3 is 2.56 bits per heavy atom. The van der Waals surface area contributed by atoms with Gasteiger partial charge in [0.15, 0.2) is 0 Å². The molecular formula is C25H30F3N7O. The summed E-state index contributed by atoms with van der Waals surface area (Å²) < 4.78 is 41.5. The van der Waals surface area contributed by atoms with Crippen LogP contribution >= 0.6 is 0 Å². The molecule has 0 saturated carbocycles. The zero-order chi connectivity index (χ0) is 25.9. The molecule has 1 atom stereocenters. The first kappa shape index (κ1) is 25.3. The monoisotopic (exact) mass is 501 g/mol. The number of nitrogens with zero attached hydrogens (tertiary/aromatic N) is 4. The molecule has 1 saturated heterocycles. The molecule has 1 aliphatic rings. The second kappa shape index (κ2) is 10.5. The lowest BCUT2D eigenvalue weighted by Gasteiger charge is -2.37. The number of hydrogen-bond donors (Lipinski definition) is 3. The number of nitrogens with one attached hydrogen (secondary N) is 3. The average molecular weight is 502 g/mol. The van der Waals surface area contributed by atoms with E-state index < -0.39 is 17.9 Å². The van der Waals surface area contributed by atoms with E-state index in [-0.39, 0.29) is 11.5 Å². The number of carbonyl (C=O) groups excluding carboxylic acids is 1. The predicted molar refractivity (Wildman–Crippen MR) is 134 cm³/mol. The highest BCUT2D eigenvalue weighted by molar-refractivity contribution is 5.90. The van der Waals surface area contributed by atoms with Crippen molar-refractivity contribution in [2.24, 2.45) is 0 Å². The van der Waals surface area contributed by atoms with Gasteiger partial charge in [0.1, 0.15) is 5.69 Å². The largest absolute Gasteiger partial charge is 0.433 e. The van der Waals surface area contributed by atoms with Gasteiger partial charge >= 0.3 is 6.18 Å². The standard InChI is InChI=1S/C25H30F3N7O/c1-4-7-16(5-2)23(18-15-30-33-24(18)25(26,27)28)31-20-12-17-14-29-32-19(17)13-21(20)34-8-10-35(11-9-34)22(36)6-3/h5-6,12-15,23,31H,3-4,7-11H2,1-2H3,(H,29,32)(H,30,33)/b16-5+. The van der Waals surface area contributed by atoms with Crippen molar-refractivity contribution in [2.45, 2.75) is 38.9 Å². The van der Waals surface area contributed by atoms with Crippen LogP contribution in [0.4, 0.5) is 24.5 Å². The summed E-state index contributed by atoms with van der Waals surface area (Å²) in [5.41, 5.74) is 2.34. The Bertz CT molecular complexity index is 1250. The molecule has 192 valence electrons. The fourth-order valence-electron chi connectivity index (χ4n) is 4.67. The van der Waals surface area contributed by atoms with Gasteiger partial charge in [0.25, 0.3) is 0 Å². The highest BCUT2D eigenvalue weighted by Gasteiger charge is 2.38. The number of carbonyl (C=O) groups is 1. The summed E-state index contributed by atoms with van der Waals surface area (Å²) in [4.78, 5) is 15.9. The summed E-state index contributed by atoms with van der Waals surface area (Å²) in [5, 5.41) is 17.2. The van der Waals surface area contributed by atoms with E-state index >= 15 is 0 Å². The van der Waals surface area contributed by atoms with E-state index in [1.54, 1.807) is 11.1 Å². The molecule has 36 heavy (non-hydrogen) atoms. The van der Waals surface area contributed by atoms with E-state index in [1.807, 2.05) is 32.1 Å². The van der Waals surface area contributed by atoms with Crippen LogP contribution in [0.5, 0.6) is 0 Å². The molecular weight excluding hydrogens is 471 g/mol. The third kappa shape index (κ3) is 5.09. The molecule has 3 aromatic rings. The SMILES string of the molecule is C=CC(=O)N1CCN(c2cc3[nH]ncc3cc2NC(/C(=C/C)CCC)c2cn[nH]c2C(F)(F)F)CC1. The second-order valence-electron chi connectivity index (χ2n) is 8.73. The number of rotatable bonds is 8. The fourth-order valence-corrected chi connectivity index (χ4v) is 4.67. The average Bonchev–Trinajstić information content (AvgIpc) is 3.54. The Hall–Kier alpha value is -3.76. The van der Waals surface area contributed by atoms with Crippen molar-refractivity contribution in [1.29, 1.82) is 0 Å². The number of halogens is 3. The zero-order valence-electron chi connectivity index (χ0n) is 20.3. The predicted octanol–water partition coefficient (Wildman–Crippen LogP) is 5.04. The molecule has 8 nitrogen and oxygen atoms in total. The molecule has 1 aliphatic heterocycles. The maximum atomic E-state index is 13.8. The minimum atomic E-state index is -4.57. The molecule has 11 heteroatoms. The Morgan fingerprint density at radius 2 is 1.92 bits per heavy atom. The van der Waals surface area contributed by atoms with Crippen LogP contribution in [-0.2, 0) is 11.0 Å². The van der Waals surface area contributed by atoms with Gasteiger partial charge in [0, 0.05) is 37.1 Å². The van der Waals surface area contributed by atoms with Gasteiger partial charge < -0.3 is 15.1 Å². The molecule has 0 radical (unpaired) electrons. The lowest BCUT2D eigenvalue weighted by Crippen LogP contribution is -2.48. The topological polar surface area (TPSA) is 92.9 Å². The maximum absolute atomic E-state index is 13.8. The normalized spacial score (nSPS) is 15.9. The number of amides is 1. The number of benzene rings is 1. The lowest BCUT2D eigenvalue weighted by molar-refractivity contribution is -0.141. The van der Waals surface area contributed by atoms with Crippen LogP contribution in [0.2, 0.25) is 0 Å². The summed E-state index contributed by atoms with van der Waals surface area (Å²) in [6, 6.07) is 3.11. The van der Waals surface area contributed by atoms with Gasteiger partial charge in [-0.3, -0.25) is 15.0 Å². The van der Waals surface area contributed by atoms with Crippen LogP contribution in [0.3, 0.4) is 0 Å². The number of aromatic amines is 2. The lowest BCUT2D eigenvalue weighted by atomic mass is 9.94. The number of alkyl halides is 3. The number of H-pyrrole nitrogens is 2. The second-order valence-corrected chi connectivity index (χ2v) is 8.73. The van der Waals surface area contributed by atoms with Gasteiger partial charge in [0.05, 0.1) is 35.3 Å². The number of aromatic nitrogens is 4. The first-order valence-electron chi connectivity index (χ1n) is 11.9. The summed E-state index contributed by atoms with van der Waals surface area (Å²) in [7, 11) is 0. The Balaban J connectivity index is 1.75. The number of fused-ring (bicyclic) bond motifs is 1. The molecule has 1 aromatic carbocycles. The van der Waals surface area contributed by atoms with Crippen molar-refractivity contribution in [1.82, 2.24) is 25.3 Å². The van der Waals surface area contributed by atoms with Crippen LogP contribution in [0.15, 0.2) is 48.8 Å². The molecule has 4 rings (SSSR count). The molecule has 3 heterocycles. The fraction of sp³-hybridized carbons (Fsp3) is 0.400. The molecule has 0 spiro atoms. The van der Waals surface area contributed by atoms with Crippen LogP contribution < -0.4 is 10.2 Å². The first-order chi connectivity index (χ1) is 17.3. The van der Waals surface area contributed by atoms with Crippen LogP contribution in [0, 0.1) is 0 Å². The summed E-state index contributed by atoms with van der Waals surface area (Å²) in [6.07, 6.45) is 2.94. The van der Waals surface area contributed by atoms with E-state index in [4.69, 9.17) is 0 Å². The van der Waals surface area contributed by atoms with E-state index in [0.717, 1.165) is 28.6 Å². The van der Waals surface area contributed by atoms with Crippen LogP contribution in [0.1, 0.15) is 44.0 Å². The number of allylic oxidation sites excluding steroid dienone is 1. The minimum absolute atomic E-state index is 0.0451. The molecule has 2 aromatic heterocycles. The van der Waals surface area contributed by atoms with E-state index in [2.05, 4.69) is 37.2 Å². The number of hydrogen-bond acceptors (Lipinski definition) is 5. The highest BCUT2D eigenvalue weighted by atomic mass is 19.4. The van der Waals surface area contributed by atoms with E-state index in [0.29, 0.717) is 38.3 Å². The van der Waals surface area contributed by atoms with Gasteiger partial charge in [-0.15, -0.1) is 0 Å². The van der Waals surface area contributed by atoms with Gasteiger partial charge in [-0.2, -0.15) is 23.4 Å². The third-order valence-corrected chi connectivity index (χ3v) is 6.51. The summed E-state index contributed by atoms with van der Waals surface area (Å²) in [5.74, 6) is -0.117. The van der Waals surface area contributed by atoms with Gasteiger partial charge in [-0.05, 0) is 37.1 Å². The van der Waals surface area contributed by atoms with Crippen LogP contribution in [0.25, 0.3) is 10.9 Å². The van der Waals surface area contributed by atoms with Crippen LogP contribution in [-0.4, -0.2) is 57.4 Å². The molecule has 1 amide bonds. The van der Waals surface area contributed by atoms with Crippen molar-refractivity contribution in [3.8, 4) is 0 Å². The molecule has 3 N–H and O–H groups in total. The minimum Gasteiger partial charge on any atom is -0.373 e. The molecule has 0 aliphatic carbocycles. The Morgan fingerprint density at radius 1 is 1.19 bits per heavy atom. The van der Waals surface area contributed by atoms with Crippen molar-refractivity contribution in [2.75, 3.05) is 36.4 Å². The zero-order valence-corrected chi connectivity index (χ0v) is 20.3. The van der Waals surface area contributed by atoms with Gasteiger partial charge in [-0.1, -0.05) is 26.0 Å². The quantitative estimate of drug-likeness (QED) is 0.297. The number of piperazine rings is 1. The molecule has 0 bridgehead atoms. The van der Waals surface area contributed by atoms with Gasteiger partial charge in [0.2, 0.25) is 5.91 Å². The Kier molecular flexibility index (Phi) is 7.37. The third-order valence-electron chi connectivity index (χ3n) is 6.51. The van der Waals surface area contributed by atoms with Crippen molar-refractivity contribution >= 4 is 28.2 Å².